The van der Waals surface area contributed by atoms with Gasteiger partial charge in [0, 0.05) is 24.7 Å². The lowest BCUT2D eigenvalue weighted by molar-refractivity contribution is 0.319. The molecule has 3 heterocycles. The molecular formula is C20H24ClN5O. The van der Waals surface area contributed by atoms with Gasteiger partial charge in [-0.2, -0.15) is 0 Å². The van der Waals surface area contributed by atoms with Crippen molar-refractivity contribution in [3.05, 3.63) is 51.7 Å². The van der Waals surface area contributed by atoms with Crippen LogP contribution in [0.5, 0.6) is 0 Å². The third-order valence-corrected chi connectivity index (χ3v) is 6.27. The highest BCUT2D eigenvalue weighted by atomic mass is 35.5. The van der Waals surface area contributed by atoms with E-state index in [0.717, 1.165) is 48.7 Å². The van der Waals surface area contributed by atoms with Crippen LogP contribution in [0.1, 0.15) is 38.7 Å². The van der Waals surface area contributed by atoms with Gasteiger partial charge in [0.15, 0.2) is 11.5 Å². The molecule has 1 saturated heterocycles. The Morgan fingerprint density at radius 3 is 2.48 bits per heavy atom. The molecule has 142 valence electrons. The number of hydrogen-bond acceptors (Lipinski definition) is 4. The summed E-state index contributed by atoms with van der Waals surface area (Å²) in [4.78, 5) is 26.1. The highest BCUT2D eigenvalue weighted by Gasteiger charge is 2.35. The van der Waals surface area contributed by atoms with Crippen LogP contribution in [0.2, 0.25) is 5.02 Å². The Balaban J connectivity index is 1.65. The number of nitrogens with one attached hydrogen (secondary N) is 1. The second-order valence-corrected chi connectivity index (χ2v) is 7.63. The van der Waals surface area contributed by atoms with E-state index < -0.39 is 0 Å². The molecule has 1 aliphatic heterocycles. The molecule has 27 heavy (non-hydrogen) atoms. The Bertz CT molecular complexity index is 999. The van der Waals surface area contributed by atoms with Crippen molar-refractivity contribution in [3.8, 4) is 0 Å². The van der Waals surface area contributed by atoms with E-state index in [1.165, 1.54) is 11.9 Å². The quantitative estimate of drug-likeness (QED) is 0.742. The first-order valence-electron chi connectivity index (χ1n) is 9.52. The molecule has 2 aromatic heterocycles. The molecule has 3 aromatic rings. The van der Waals surface area contributed by atoms with E-state index in [1.54, 1.807) is 4.57 Å². The molecule has 7 heteroatoms. The third-order valence-electron chi connectivity index (χ3n) is 6.01. The zero-order valence-electron chi connectivity index (χ0n) is 15.7. The standard InChI is InChI=1S/C20H24ClN5O/c1-3-20(14-5-7-15(21)8-6-14)9-11-25(12-10-20)18-16-17(22-13-23-18)24-19(27)26(16)4-2/h5-8,13H,3-4,9-12H2,1-2H3,(H,22,23,24,27). The molecule has 0 saturated carbocycles. The monoisotopic (exact) mass is 385 g/mol. The van der Waals surface area contributed by atoms with Crippen LogP contribution in [-0.2, 0) is 12.0 Å². The average Bonchev–Trinajstić information content (AvgIpc) is 3.03. The summed E-state index contributed by atoms with van der Waals surface area (Å²) in [6, 6.07) is 8.28. The first-order valence-corrected chi connectivity index (χ1v) is 9.90. The molecule has 1 N–H and O–H groups in total. The lowest BCUT2D eigenvalue weighted by Gasteiger charge is -2.42. The molecule has 6 nitrogen and oxygen atoms in total. The molecule has 1 fully saturated rings. The third kappa shape index (κ3) is 3.02. The van der Waals surface area contributed by atoms with Crippen LogP contribution >= 0.6 is 11.6 Å². The van der Waals surface area contributed by atoms with E-state index in [0.29, 0.717) is 12.2 Å². The number of aromatic amines is 1. The van der Waals surface area contributed by atoms with Gasteiger partial charge in [0.1, 0.15) is 11.8 Å². The van der Waals surface area contributed by atoms with E-state index in [2.05, 4.69) is 38.9 Å². The van der Waals surface area contributed by atoms with Crippen LogP contribution in [0.25, 0.3) is 11.2 Å². The Morgan fingerprint density at radius 1 is 1.15 bits per heavy atom. The van der Waals surface area contributed by atoms with Crippen LogP contribution in [0.15, 0.2) is 35.4 Å². The van der Waals surface area contributed by atoms with E-state index >= 15 is 0 Å². The molecule has 1 aromatic carbocycles. The summed E-state index contributed by atoms with van der Waals surface area (Å²) in [5.41, 5.74) is 2.80. The number of nitrogens with zero attached hydrogens (tertiary/aromatic N) is 4. The van der Waals surface area contributed by atoms with Gasteiger partial charge in [-0.25, -0.2) is 14.8 Å². The summed E-state index contributed by atoms with van der Waals surface area (Å²) in [5, 5.41) is 0.774. The molecular weight excluding hydrogens is 362 g/mol. The minimum absolute atomic E-state index is 0.129. The molecule has 0 radical (unpaired) electrons. The van der Waals surface area contributed by atoms with Gasteiger partial charge in [-0.1, -0.05) is 30.7 Å². The van der Waals surface area contributed by atoms with Gasteiger partial charge < -0.3 is 4.90 Å². The number of rotatable bonds is 4. The van der Waals surface area contributed by atoms with Crippen LogP contribution < -0.4 is 10.6 Å². The van der Waals surface area contributed by atoms with E-state index in [1.807, 2.05) is 19.1 Å². The van der Waals surface area contributed by atoms with Gasteiger partial charge in [0.05, 0.1) is 0 Å². The number of aromatic nitrogens is 4. The van der Waals surface area contributed by atoms with Crippen molar-refractivity contribution in [2.24, 2.45) is 0 Å². The second kappa shape index (κ2) is 7.00. The van der Waals surface area contributed by atoms with E-state index in [9.17, 15) is 4.79 Å². The van der Waals surface area contributed by atoms with Crippen molar-refractivity contribution in [2.75, 3.05) is 18.0 Å². The first-order chi connectivity index (χ1) is 13.1. The SMILES string of the molecule is CCn1c(=O)[nH]c2ncnc(N3CCC(CC)(c4ccc(Cl)cc4)CC3)c21. The number of H-pyrrole nitrogens is 1. The zero-order chi connectivity index (χ0) is 19.0. The highest BCUT2D eigenvalue weighted by molar-refractivity contribution is 6.30. The first kappa shape index (κ1) is 18.0. The maximum atomic E-state index is 12.2. The molecule has 0 aliphatic carbocycles. The fourth-order valence-corrected chi connectivity index (χ4v) is 4.44. The average molecular weight is 386 g/mol. The smallest absolute Gasteiger partial charge is 0.327 e. The maximum Gasteiger partial charge on any atom is 0.327 e. The van der Waals surface area contributed by atoms with Crippen molar-refractivity contribution < 1.29 is 0 Å². The number of anilines is 1. The van der Waals surface area contributed by atoms with Gasteiger partial charge in [0.25, 0.3) is 0 Å². The lowest BCUT2D eigenvalue weighted by Crippen LogP contribution is -2.43. The summed E-state index contributed by atoms with van der Waals surface area (Å²) >= 11 is 6.08. The topological polar surface area (TPSA) is 66.8 Å². The number of aryl methyl sites for hydroxylation is 1. The number of fused-ring (bicyclic) bond motifs is 1. The Kier molecular flexibility index (Phi) is 4.68. The molecule has 1 aliphatic rings. The molecule has 0 atom stereocenters. The normalized spacial score (nSPS) is 16.8. The van der Waals surface area contributed by atoms with Gasteiger partial charge in [-0.3, -0.25) is 9.55 Å². The number of piperidine rings is 1. The molecule has 4 rings (SSSR count). The lowest BCUT2D eigenvalue weighted by atomic mass is 9.71. The van der Waals surface area contributed by atoms with Gasteiger partial charge in [0.2, 0.25) is 0 Å². The van der Waals surface area contributed by atoms with Gasteiger partial charge >= 0.3 is 5.69 Å². The minimum atomic E-state index is -0.129. The Hall–Kier alpha value is -2.34. The summed E-state index contributed by atoms with van der Waals surface area (Å²) in [6.07, 6.45) is 4.70. The maximum absolute atomic E-state index is 12.2. The van der Waals surface area contributed by atoms with Crippen molar-refractivity contribution >= 4 is 28.6 Å². The number of imidazole rings is 1. The van der Waals surface area contributed by atoms with Crippen molar-refractivity contribution in [2.45, 2.75) is 45.1 Å². The fourth-order valence-electron chi connectivity index (χ4n) is 4.31. The minimum Gasteiger partial charge on any atom is -0.355 e. The van der Waals surface area contributed by atoms with Gasteiger partial charge in [-0.05, 0) is 49.3 Å². The molecule has 0 amide bonds. The van der Waals surface area contributed by atoms with E-state index in [-0.39, 0.29) is 11.1 Å². The van der Waals surface area contributed by atoms with Crippen molar-refractivity contribution in [3.63, 3.8) is 0 Å². The molecule has 0 unspecified atom stereocenters. The summed E-state index contributed by atoms with van der Waals surface area (Å²) in [5.74, 6) is 0.848. The summed E-state index contributed by atoms with van der Waals surface area (Å²) in [6.45, 7) is 6.60. The number of halogens is 1. The van der Waals surface area contributed by atoms with Crippen LogP contribution in [0.4, 0.5) is 5.82 Å². The van der Waals surface area contributed by atoms with Crippen molar-refractivity contribution in [1.29, 1.82) is 0 Å². The largest absolute Gasteiger partial charge is 0.355 e. The van der Waals surface area contributed by atoms with Crippen LogP contribution in [0.3, 0.4) is 0 Å². The van der Waals surface area contributed by atoms with Crippen LogP contribution in [-0.4, -0.2) is 32.6 Å². The summed E-state index contributed by atoms with van der Waals surface area (Å²) < 4.78 is 1.71. The number of hydrogen-bond donors (Lipinski definition) is 1. The predicted octanol–water partition coefficient (Wildman–Crippen LogP) is 3.74. The predicted molar refractivity (Wildman–Crippen MR) is 109 cm³/mol. The van der Waals surface area contributed by atoms with E-state index in [4.69, 9.17) is 11.6 Å². The number of benzene rings is 1. The highest BCUT2D eigenvalue weighted by Crippen LogP contribution is 2.40. The zero-order valence-corrected chi connectivity index (χ0v) is 16.5. The summed E-state index contributed by atoms with van der Waals surface area (Å²) in [7, 11) is 0. The molecule has 0 spiro atoms. The Morgan fingerprint density at radius 2 is 1.85 bits per heavy atom. The van der Waals surface area contributed by atoms with Crippen LogP contribution in [0, 0.1) is 0 Å². The van der Waals surface area contributed by atoms with Gasteiger partial charge in [-0.15, -0.1) is 0 Å². The Labute approximate surface area is 163 Å². The van der Waals surface area contributed by atoms with Crippen molar-refractivity contribution in [1.82, 2.24) is 19.5 Å². The second-order valence-electron chi connectivity index (χ2n) is 7.20. The fraction of sp³-hybridized carbons (Fsp3) is 0.450. The molecule has 0 bridgehead atoms.